The molecule has 17 heavy (non-hydrogen) atoms. The first-order chi connectivity index (χ1) is 8.01. The molecule has 0 saturated heterocycles. The van der Waals surface area contributed by atoms with Gasteiger partial charge in [-0.15, -0.1) is 0 Å². The summed E-state index contributed by atoms with van der Waals surface area (Å²) in [4.78, 5) is 6.46. The molecule has 0 aromatic carbocycles. The van der Waals surface area contributed by atoms with Crippen LogP contribution in [-0.4, -0.2) is 40.7 Å². The van der Waals surface area contributed by atoms with Gasteiger partial charge in [0, 0.05) is 30.4 Å². The maximum atomic E-state index is 9.34. The van der Waals surface area contributed by atoms with Gasteiger partial charge in [0.25, 0.3) is 0 Å². The van der Waals surface area contributed by atoms with Crippen molar-refractivity contribution in [3.8, 4) is 0 Å². The van der Waals surface area contributed by atoms with Crippen LogP contribution in [0.4, 0.5) is 5.82 Å². The van der Waals surface area contributed by atoms with E-state index in [0.29, 0.717) is 0 Å². The number of nitrogens with one attached hydrogen (secondary N) is 1. The summed E-state index contributed by atoms with van der Waals surface area (Å²) < 4.78 is 0. The van der Waals surface area contributed by atoms with Crippen LogP contribution in [0.15, 0.2) is 18.3 Å². The molecule has 2 N–H and O–H groups in total. The van der Waals surface area contributed by atoms with Crippen molar-refractivity contribution in [3.05, 3.63) is 23.9 Å². The monoisotopic (exact) mass is 237 g/mol. The maximum absolute atomic E-state index is 9.34. The Bertz CT molecular complexity index is 352. The third kappa shape index (κ3) is 3.68. The number of aliphatic hydroxyl groups is 1. The Morgan fingerprint density at radius 1 is 1.47 bits per heavy atom. The number of hydrogen-bond donors (Lipinski definition) is 2. The lowest BCUT2D eigenvalue weighted by Crippen LogP contribution is -2.43. The van der Waals surface area contributed by atoms with Crippen molar-refractivity contribution in [2.45, 2.75) is 32.9 Å². The van der Waals surface area contributed by atoms with Gasteiger partial charge in [0.2, 0.25) is 0 Å². The number of rotatable bonds is 6. The average molecular weight is 237 g/mol. The van der Waals surface area contributed by atoms with Gasteiger partial charge in [-0.3, -0.25) is 4.90 Å². The fourth-order valence-electron chi connectivity index (χ4n) is 1.48. The first-order valence-corrected chi connectivity index (χ1v) is 6.01. The van der Waals surface area contributed by atoms with E-state index in [1.54, 1.807) is 6.20 Å². The van der Waals surface area contributed by atoms with E-state index in [0.717, 1.165) is 24.5 Å². The highest BCUT2D eigenvalue weighted by molar-refractivity contribution is 5.43. The molecule has 0 aliphatic carbocycles. The molecule has 0 amide bonds. The Balaban J connectivity index is 2.80. The first-order valence-electron chi connectivity index (χ1n) is 6.01. The summed E-state index contributed by atoms with van der Waals surface area (Å²) >= 11 is 0. The van der Waals surface area contributed by atoms with Crippen LogP contribution in [0.25, 0.3) is 0 Å². The molecule has 4 heteroatoms. The molecular formula is C13H23N3O. The van der Waals surface area contributed by atoms with Crippen molar-refractivity contribution >= 4 is 5.82 Å². The normalized spacial score (nSPS) is 11.9. The quantitative estimate of drug-likeness (QED) is 0.791. The first kappa shape index (κ1) is 13.9. The molecule has 0 radical (unpaired) electrons. The summed E-state index contributed by atoms with van der Waals surface area (Å²) in [6.45, 7) is 7.87. The molecule has 0 saturated carbocycles. The van der Waals surface area contributed by atoms with Gasteiger partial charge in [-0.25, -0.2) is 4.98 Å². The van der Waals surface area contributed by atoms with Crippen molar-refractivity contribution in [3.63, 3.8) is 0 Å². The van der Waals surface area contributed by atoms with Crippen LogP contribution >= 0.6 is 0 Å². The molecule has 0 aliphatic heterocycles. The molecule has 0 fully saturated rings. The number of aliphatic hydroxyl groups excluding tert-OH is 1. The van der Waals surface area contributed by atoms with E-state index in [1.165, 1.54) is 0 Å². The minimum atomic E-state index is -0.223. The van der Waals surface area contributed by atoms with Crippen molar-refractivity contribution in [1.82, 2.24) is 9.88 Å². The number of hydrogen-bond acceptors (Lipinski definition) is 4. The predicted molar refractivity (Wildman–Crippen MR) is 71.0 cm³/mol. The predicted octanol–water partition coefficient (Wildman–Crippen LogP) is 1.72. The smallest absolute Gasteiger partial charge is 0.130 e. The van der Waals surface area contributed by atoms with Crippen molar-refractivity contribution in [1.29, 1.82) is 0 Å². The van der Waals surface area contributed by atoms with Gasteiger partial charge in [0.1, 0.15) is 5.82 Å². The lowest BCUT2D eigenvalue weighted by atomic mass is 10.0. The van der Waals surface area contributed by atoms with Crippen LogP contribution in [0, 0.1) is 0 Å². The van der Waals surface area contributed by atoms with E-state index in [2.05, 4.69) is 28.2 Å². The second-order valence-corrected chi connectivity index (χ2v) is 4.87. The fraction of sp³-hybridized carbons (Fsp3) is 0.615. The Morgan fingerprint density at radius 3 is 2.76 bits per heavy atom. The van der Waals surface area contributed by atoms with Gasteiger partial charge < -0.3 is 10.4 Å². The van der Waals surface area contributed by atoms with Crippen molar-refractivity contribution in [2.75, 3.05) is 25.5 Å². The molecule has 1 aromatic rings. The standard InChI is InChI=1S/C13H23N3O/c1-5-14-12-11(7-6-8-15-12)9-16(4)13(2,3)10-17/h6-8,17H,5,9-10H2,1-4H3,(H,14,15). The zero-order valence-corrected chi connectivity index (χ0v) is 11.2. The topological polar surface area (TPSA) is 48.4 Å². The lowest BCUT2D eigenvalue weighted by Gasteiger charge is -2.34. The minimum Gasteiger partial charge on any atom is -0.394 e. The molecular weight excluding hydrogens is 214 g/mol. The summed E-state index contributed by atoms with van der Waals surface area (Å²) in [6, 6.07) is 4.00. The van der Waals surface area contributed by atoms with Crippen LogP contribution in [0.2, 0.25) is 0 Å². The van der Waals surface area contributed by atoms with Crippen LogP contribution < -0.4 is 5.32 Å². The van der Waals surface area contributed by atoms with Crippen molar-refractivity contribution < 1.29 is 5.11 Å². The zero-order valence-electron chi connectivity index (χ0n) is 11.2. The number of pyridine rings is 1. The van der Waals surface area contributed by atoms with E-state index in [4.69, 9.17) is 0 Å². The highest BCUT2D eigenvalue weighted by atomic mass is 16.3. The number of aromatic nitrogens is 1. The summed E-state index contributed by atoms with van der Waals surface area (Å²) in [5, 5.41) is 12.6. The third-order valence-electron chi connectivity index (χ3n) is 3.06. The lowest BCUT2D eigenvalue weighted by molar-refractivity contribution is 0.0735. The average Bonchev–Trinajstić information content (AvgIpc) is 2.32. The summed E-state index contributed by atoms with van der Waals surface area (Å²) in [6.07, 6.45) is 1.79. The molecule has 0 unspecified atom stereocenters. The zero-order chi connectivity index (χ0) is 12.9. The molecule has 0 aliphatic rings. The molecule has 1 rings (SSSR count). The Kier molecular flexibility index (Phi) is 4.90. The highest BCUT2D eigenvalue weighted by Crippen LogP contribution is 2.19. The maximum Gasteiger partial charge on any atom is 0.130 e. The molecule has 1 heterocycles. The largest absolute Gasteiger partial charge is 0.394 e. The van der Waals surface area contributed by atoms with E-state index < -0.39 is 0 Å². The van der Waals surface area contributed by atoms with E-state index in [-0.39, 0.29) is 12.1 Å². The summed E-state index contributed by atoms with van der Waals surface area (Å²) in [5.74, 6) is 0.926. The Hall–Kier alpha value is -1.13. The third-order valence-corrected chi connectivity index (χ3v) is 3.06. The van der Waals surface area contributed by atoms with Gasteiger partial charge in [-0.2, -0.15) is 0 Å². The summed E-state index contributed by atoms with van der Waals surface area (Å²) in [5.41, 5.74) is 0.928. The minimum absolute atomic E-state index is 0.139. The van der Waals surface area contributed by atoms with Crippen LogP contribution in [0.3, 0.4) is 0 Å². The van der Waals surface area contributed by atoms with Gasteiger partial charge >= 0.3 is 0 Å². The Morgan fingerprint density at radius 2 is 2.18 bits per heavy atom. The van der Waals surface area contributed by atoms with E-state index in [1.807, 2.05) is 27.0 Å². The summed E-state index contributed by atoms with van der Waals surface area (Å²) in [7, 11) is 2.01. The fourth-order valence-corrected chi connectivity index (χ4v) is 1.48. The van der Waals surface area contributed by atoms with Crippen molar-refractivity contribution in [2.24, 2.45) is 0 Å². The number of nitrogens with zero attached hydrogens (tertiary/aromatic N) is 2. The number of likely N-dealkylation sites (N-methyl/N-ethyl adjacent to an activating group) is 1. The molecule has 0 spiro atoms. The molecule has 96 valence electrons. The van der Waals surface area contributed by atoms with E-state index in [9.17, 15) is 5.11 Å². The van der Waals surface area contributed by atoms with Crippen LogP contribution in [0.1, 0.15) is 26.3 Å². The Labute approximate surface area is 104 Å². The van der Waals surface area contributed by atoms with E-state index >= 15 is 0 Å². The molecule has 0 bridgehead atoms. The molecule has 0 atom stereocenters. The van der Waals surface area contributed by atoms with Crippen LogP contribution in [-0.2, 0) is 6.54 Å². The molecule has 1 aromatic heterocycles. The van der Waals surface area contributed by atoms with Crippen LogP contribution in [0.5, 0.6) is 0 Å². The second-order valence-electron chi connectivity index (χ2n) is 4.87. The highest BCUT2D eigenvalue weighted by Gasteiger charge is 2.23. The van der Waals surface area contributed by atoms with Gasteiger partial charge in [-0.1, -0.05) is 6.07 Å². The molecule has 4 nitrogen and oxygen atoms in total. The van der Waals surface area contributed by atoms with Gasteiger partial charge in [-0.05, 0) is 33.9 Å². The SMILES string of the molecule is CCNc1ncccc1CN(C)C(C)(C)CO. The van der Waals surface area contributed by atoms with Gasteiger partial charge in [0.05, 0.1) is 6.61 Å². The second kappa shape index (κ2) is 5.98. The number of anilines is 1. The van der Waals surface area contributed by atoms with Gasteiger partial charge in [0.15, 0.2) is 0 Å².